The van der Waals surface area contributed by atoms with E-state index in [0.717, 1.165) is 27.3 Å². The van der Waals surface area contributed by atoms with E-state index in [1.807, 2.05) is 59.3 Å². The van der Waals surface area contributed by atoms with Crippen LogP contribution in [-0.2, 0) is 16.1 Å². The van der Waals surface area contributed by atoms with Gasteiger partial charge in [0.2, 0.25) is 0 Å². The third-order valence-electron chi connectivity index (χ3n) is 5.97. The lowest BCUT2D eigenvalue weighted by Gasteiger charge is -2.26. The molecule has 186 valence electrons. The zero-order valence-electron chi connectivity index (χ0n) is 19.8. The number of urea groups is 1. The summed E-state index contributed by atoms with van der Waals surface area (Å²) in [5.74, 6) is 0.00529. The van der Waals surface area contributed by atoms with Crippen LogP contribution in [0, 0.1) is 0 Å². The number of halogens is 1. The van der Waals surface area contributed by atoms with Crippen molar-refractivity contribution < 1.29 is 23.9 Å². The van der Waals surface area contributed by atoms with E-state index in [2.05, 4.69) is 5.32 Å². The summed E-state index contributed by atoms with van der Waals surface area (Å²) >= 11 is 5.94. The van der Waals surface area contributed by atoms with Crippen molar-refractivity contribution in [1.29, 1.82) is 0 Å². The van der Waals surface area contributed by atoms with Crippen LogP contribution in [0.25, 0.3) is 17.0 Å². The van der Waals surface area contributed by atoms with Crippen molar-refractivity contribution in [2.75, 3.05) is 18.6 Å². The number of hydrogen-bond donors (Lipinski definition) is 1. The largest absolute Gasteiger partial charge is 0.497 e. The van der Waals surface area contributed by atoms with E-state index >= 15 is 0 Å². The van der Waals surface area contributed by atoms with E-state index in [4.69, 9.17) is 21.1 Å². The molecule has 0 bridgehead atoms. The number of anilines is 1. The number of nitrogens with zero attached hydrogens (tertiary/aromatic N) is 2. The fourth-order valence-corrected chi connectivity index (χ4v) is 4.27. The number of nitrogens with one attached hydrogen (secondary N) is 1. The predicted octanol–water partition coefficient (Wildman–Crippen LogP) is 5.05. The summed E-state index contributed by atoms with van der Waals surface area (Å²) in [5, 5.41) is 3.57. The molecule has 0 aliphatic carbocycles. The molecule has 4 aromatic rings. The minimum Gasteiger partial charge on any atom is -0.497 e. The molecule has 1 N–H and O–H groups in total. The van der Waals surface area contributed by atoms with Crippen molar-refractivity contribution in [2.24, 2.45) is 0 Å². The second-order valence-corrected chi connectivity index (χ2v) is 8.69. The molecule has 9 heteroatoms. The average molecular weight is 516 g/mol. The van der Waals surface area contributed by atoms with Gasteiger partial charge in [-0.3, -0.25) is 14.9 Å². The van der Waals surface area contributed by atoms with Gasteiger partial charge in [-0.05, 0) is 60.7 Å². The van der Waals surface area contributed by atoms with Crippen LogP contribution >= 0.6 is 11.6 Å². The first kappa shape index (κ1) is 24.1. The highest BCUT2D eigenvalue weighted by Gasteiger charge is 2.37. The molecule has 1 aliphatic rings. The molecule has 0 radical (unpaired) electrons. The standard InChI is InChI=1S/C28H22ClN3O5/c1-36-21-10-12-22(13-11-21)37-15-14-31-17-18(23-4-2-3-5-25(23)31)16-24-26(33)30-28(35)32(27(24)34)20-8-6-19(29)7-9-20/h2-13,16-17H,14-15H2,1H3,(H,30,33,35)/b24-16-. The number of hydrogen-bond acceptors (Lipinski definition) is 5. The lowest BCUT2D eigenvalue weighted by atomic mass is 10.1. The van der Waals surface area contributed by atoms with Gasteiger partial charge in [0.05, 0.1) is 19.3 Å². The van der Waals surface area contributed by atoms with E-state index < -0.39 is 17.8 Å². The fourth-order valence-electron chi connectivity index (χ4n) is 4.15. The topological polar surface area (TPSA) is 89.9 Å². The maximum Gasteiger partial charge on any atom is 0.335 e. The monoisotopic (exact) mass is 515 g/mol. The van der Waals surface area contributed by atoms with Crippen LogP contribution < -0.4 is 19.7 Å². The average Bonchev–Trinajstić information content (AvgIpc) is 3.25. The molecule has 4 amide bonds. The molecule has 8 nitrogen and oxygen atoms in total. The van der Waals surface area contributed by atoms with Gasteiger partial charge in [0.25, 0.3) is 11.8 Å². The normalized spacial score (nSPS) is 14.8. The van der Waals surface area contributed by atoms with Crippen LogP contribution in [0.1, 0.15) is 5.56 Å². The Balaban J connectivity index is 1.42. The van der Waals surface area contributed by atoms with Gasteiger partial charge in [-0.2, -0.15) is 0 Å². The van der Waals surface area contributed by atoms with Crippen molar-refractivity contribution in [3.05, 3.63) is 95.2 Å². The fraction of sp³-hybridized carbons (Fsp3) is 0.107. The smallest absolute Gasteiger partial charge is 0.335 e. The van der Waals surface area contributed by atoms with Crippen molar-refractivity contribution in [2.45, 2.75) is 6.54 Å². The number of carbonyl (C=O) groups excluding carboxylic acids is 3. The molecule has 1 fully saturated rings. The number of fused-ring (bicyclic) bond motifs is 1. The number of barbiturate groups is 1. The highest BCUT2D eigenvalue weighted by atomic mass is 35.5. The van der Waals surface area contributed by atoms with E-state index in [0.29, 0.717) is 29.4 Å². The number of imide groups is 2. The Morgan fingerprint density at radius 3 is 2.35 bits per heavy atom. The molecule has 1 aliphatic heterocycles. The minimum atomic E-state index is -0.812. The molecule has 0 saturated carbocycles. The third-order valence-corrected chi connectivity index (χ3v) is 6.22. The van der Waals surface area contributed by atoms with Gasteiger partial charge < -0.3 is 14.0 Å². The summed E-state index contributed by atoms with van der Waals surface area (Å²) in [6.07, 6.45) is 3.37. The number of methoxy groups -OCH3 is 1. The van der Waals surface area contributed by atoms with E-state index in [1.165, 1.54) is 6.08 Å². The first-order chi connectivity index (χ1) is 17.9. The van der Waals surface area contributed by atoms with Crippen LogP contribution in [0.4, 0.5) is 10.5 Å². The third kappa shape index (κ3) is 4.92. The van der Waals surface area contributed by atoms with Gasteiger partial charge >= 0.3 is 6.03 Å². The number of benzene rings is 3. The second-order valence-electron chi connectivity index (χ2n) is 8.25. The summed E-state index contributed by atoms with van der Waals surface area (Å²) in [6, 6.07) is 20.4. The molecule has 0 spiro atoms. The predicted molar refractivity (Wildman–Crippen MR) is 141 cm³/mol. The lowest BCUT2D eigenvalue weighted by molar-refractivity contribution is -0.122. The zero-order valence-corrected chi connectivity index (χ0v) is 20.6. The molecule has 37 heavy (non-hydrogen) atoms. The van der Waals surface area contributed by atoms with Crippen LogP contribution in [0.15, 0.2) is 84.6 Å². The van der Waals surface area contributed by atoms with Crippen molar-refractivity contribution >= 4 is 52.1 Å². The maximum atomic E-state index is 13.3. The minimum absolute atomic E-state index is 0.146. The van der Waals surface area contributed by atoms with Crippen LogP contribution in [0.3, 0.4) is 0 Å². The maximum absolute atomic E-state index is 13.3. The Morgan fingerprint density at radius 1 is 0.919 bits per heavy atom. The van der Waals surface area contributed by atoms with Gasteiger partial charge in [-0.1, -0.05) is 29.8 Å². The lowest BCUT2D eigenvalue weighted by Crippen LogP contribution is -2.54. The summed E-state index contributed by atoms with van der Waals surface area (Å²) in [4.78, 5) is 39.3. The molecule has 5 rings (SSSR count). The van der Waals surface area contributed by atoms with Crippen LogP contribution in [0.2, 0.25) is 5.02 Å². The highest BCUT2D eigenvalue weighted by molar-refractivity contribution is 6.39. The second kappa shape index (κ2) is 10.2. The first-order valence-electron chi connectivity index (χ1n) is 11.5. The Hall–Kier alpha value is -4.56. The number of carbonyl (C=O) groups is 3. The molecule has 1 saturated heterocycles. The Kier molecular flexibility index (Phi) is 6.66. The van der Waals surface area contributed by atoms with Gasteiger partial charge in [-0.25, -0.2) is 9.69 Å². The summed E-state index contributed by atoms with van der Waals surface area (Å²) in [5.41, 5.74) is 1.75. The van der Waals surface area contributed by atoms with Gasteiger partial charge in [0, 0.05) is 27.7 Å². The van der Waals surface area contributed by atoms with E-state index in [9.17, 15) is 14.4 Å². The number of rotatable bonds is 7. The molecule has 2 heterocycles. The number of ether oxygens (including phenoxy) is 2. The molecule has 3 aromatic carbocycles. The van der Waals surface area contributed by atoms with Crippen LogP contribution in [0.5, 0.6) is 11.5 Å². The molecular weight excluding hydrogens is 494 g/mol. The summed E-state index contributed by atoms with van der Waals surface area (Å²) < 4.78 is 13.0. The summed E-state index contributed by atoms with van der Waals surface area (Å²) in [6.45, 7) is 0.935. The summed E-state index contributed by atoms with van der Waals surface area (Å²) in [7, 11) is 1.61. The Bertz CT molecular complexity index is 1520. The first-order valence-corrected chi connectivity index (χ1v) is 11.8. The van der Waals surface area contributed by atoms with Crippen molar-refractivity contribution in [3.8, 4) is 11.5 Å². The number of para-hydroxylation sites is 1. The number of aromatic nitrogens is 1. The highest BCUT2D eigenvalue weighted by Crippen LogP contribution is 2.27. The van der Waals surface area contributed by atoms with E-state index in [1.54, 1.807) is 31.4 Å². The Morgan fingerprint density at radius 2 is 1.62 bits per heavy atom. The zero-order chi connectivity index (χ0) is 25.9. The van der Waals surface area contributed by atoms with Crippen molar-refractivity contribution in [3.63, 3.8) is 0 Å². The molecular formula is C28H22ClN3O5. The molecule has 0 unspecified atom stereocenters. The molecule has 0 atom stereocenters. The quantitative estimate of drug-likeness (QED) is 0.275. The van der Waals surface area contributed by atoms with Crippen molar-refractivity contribution in [1.82, 2.24) is 9.88 Å². The van der Waals surface area contributed by atoms with Gasteiger partial charge in [0.1, 0.15) is 23.7 Å². The SMILES string of the molecule is COc1ccc(OCCn2cc(/C=C3/C(=O)NC(=O)N(c4ccc(Cl)cc4)C3=O)c3ccccc32)cc1. The van der Waals surface area contributed by atoms with Crippen LogP contribution in [-0.4, -0.2) is 36.1 Å². The van der Waals surface area contributed by atoms with Gasteiger partial charge in [0.15, 0.2) is 0 Å². The van der Waals surface area contributed by atoms with E-state index in [-0.39, 0.29) is 5.57 Å². The molecule has 1 aromatic heterocycles. The Labute approximate surface area is 217 Å². The number of amides is 4. The van der Waals surface area contributed by atoms with Gasteiger partial charge in [-0.15, -0.1) is 0 Å².